The molecule has 5 nitrogen and oxygen atoms in total. The van der Waals surface area contributed by atoms with E-state index < -0.39 is 0 Å². The van der Waals surface area contributed by atoms with E-state index in [1.807, 2.05) is 42.6 Å². The average molecular weight is 496 g/mol. The first-order chi connectivity index (χ1) is 17.7. The van der Waals surface area contributed by atoms with E-state index >= 15 is 0 Å². The lowest BCUT2D eigenvalue weighted by Crippen LogP contribution is -2.26. The summed E-state index contributed by atoms with van der Waals surface area (Å²) in [5.41, 5.74) is 5.60. The Kier molecular flexibility index (Phi) is 7.43. The van der Waals surface area contributed by atoms with Crippen LogP contribution in [0.15, 0.2) is 96.5 Å². The van der Waals surface area contributed by atoms with Gasteiger partial charge < -0.3 is 10.1 Å². The van der Waals surface area contributed by atoms with Crippen LogP contribution in [0.5, 0.6) is 5.75 Å². The zero-order valence-corrected chi connectivity index (χ0v) is 21.1. The molecule has 0 spiro atoms. The van der Waals surface area contributed by atoms with Crippen molar-refractivity contribution in [1.82, 2.24) is 14.7 Å². The highest BCUT2D eigenvalue weighted by Gasteiger charge is 2.15. The Morgan fingerprint density at radius 2 is 1.64 bits per heavy atom. The SMILES string of the molecule is COc1ccc(-c2cn3c(CCC(=O)NCCC(c4ccccc4)c4ccccc4)csc3n2)cc1. The molecule has 3 aromatic carbocycles. The number of amides is 1. The molecule has 0 radical (unpaired) electrons. The standard InChI is InChI=1S/C30H29N3O2S/c1-35-26-15-12-24(13-16-26)28-20-33-25(21-36-30(33)32-28)14-17-29(34)31-19-18-27(22-8-4-2-5-9-22)23-10-6-3-7-11-23/h2-13,15-16,20-21,27H,14,17-19H2,1H3,(H,31,34). The minimum Gasteiger partial charge on any atom is -0.497 e. The third-order valence-electron chi connectivity index (χ3n) is 6.44. The Morgan fingerprint density at radius 1 is 0.972 bits per heavy atom. The van der Waals surface area contributed by atoms with E-state index in [2.05, 4.69) is 63.6 Å². The molecule has 0 aliphatic rings. The number of imidazole rings is 1. The van der Waals surface area contributed by atoms with Gasteiger partial charge in [0.2, 0.25) is 5.91 Å². The molecule has 5 aromatic rings. The fraction of sp³-hybridized carbons (Fsp3) is 0.200. The van der Waals surface area contributed by atoms with Gasteiger partial charge in [0.15, 0.2) is 4.96 Å². The van der Waals surface area contributed by atoms with Gasteiger partial charge >= 0.3 is 0 Å². The van der Waals surface area contributed by atoms with Crippen molar-refractivity contribution < 1.29 is 9.53 Å². The molecule has 36 heavy (non-hydrogen) atoms. The number of hydrogen-bond acceptors (Lipinski definition) is 4. The first-order valence-electron chi connectivity index (χ1n) is 12.2. The van der Waals surface area contributed by atoms with Crippen molar-refractivity contribution in [2.45, 2.75) is 25.2 Å². The highest BCUT2D eigenvalue weighted by atomic mass is 32.1. The van der Waals surface area contributed by atoms with Crippen molar-refractivity contribution in [2.24, 2.45) is 0 Å². The lowest BCUT2D eigenvalue weighted by Gasteiger charge is -2.18. The first-order valence-corrected chi connectivity index (χ1v) is 13.1. The predicted octanol–water partition coefficient (Wildman–Crippen LogP) is 6.34. The van der Waals surface area contributed by atoms with Crippen LogP contribution in [-0.2, 0) is 11.2 Å². The molecule has 0 saturated heterocycles. The normalized spacial score (nSPS) is 11.2. The Hall–Kier alpha value is -3.90. The Labute approximate surface area is 215 Å². The molecule has 0 aliphatic carbocycles. The van der Waals surface area contributed by atoms with Gasteiger partial charge in [-0.15, -0.1) is 11.3 Å². The van der Waals surface area contributed by atoms with Crippen LogP contribution in [0.2, 0.25) is 0 Å². The fourth-order valence-electron chi connectivity index (χ4n) is 4.49. The van der Waals surface area contributed by atoms with E-state index in [1.54, 1.807) is 18.4 Å². The summed E-state index contributed by atoms with van der Waals surface area (Å²) in [5, 5.41) is 5.22. The number of aryl methyl sites for hydroxylation is 1. The van der Waals surface area contributed by atoms with Gasteiger partial charge in [0.25, 0.3) is 0 Å². The maximum Gasteiger partial charge on any atom is 0.220 e. The molecule has 6 heteroatoms. The molecule has 182 valence electrons. The highest BCUT2D eigenvalue weighted by Crippen LogP contribution is 2.28. The first kappa shape index (κ1) is 23.8. The molecule has 0 fully saturated rings. The van der Waals surface area contributed by atoms with Gasteiger partial charge in [0.05, 0.1) is 12.8 Å². The molecule has 0 aliphatic heterocycles. The third kappa shape index (κ3) is 5.50. The summed E-state index contributed by atoms with van der Waals surface area (Å²) in [6.45, 7) is 0.638. The second-order valence-electron chi connectivity index (χ2n) is 8.75. The number of carbonyl (C=O) groups excluding carboxylic acids is 1. The number of fused-ring (bicyclic) bond motifs is 1. The molecule has 1 N–H and O–H groups in total. The van der Waals surface area contributed by atoms with Crippen molar-refractivity contribution in [1.29, 1.82) is 0 Å². The number of ether oxygens (including phenoxy) is 1. The fourth-order valence-corrected chi connectivity index (χ4v) is 5.40. The van der Waals surface area contributed by atoms with Crippen molar-refractivity contribution in [3.05, 3.63) is 113 Å². The minimum atomic E-state index is 0.0738. The largest absolute Gasteiger partial charge is 0.497 e. The number of carbonyl (C=O) groups is 1. The Bertz CT molecular complexity index is 1370. The second kappa shape index (κ2) is 11.2. The molecule has 0 saturated carbocycles. The third-order valence-corrected chi connectivity index (χ3v) is 7.33. The molecule has 1 amide bonds. The quantitative estimate of drug-likeness (QED) is 0.246. The highest BCUT2D eigenvalue weighted by molar-refractivity contribution is 7.15. The van der Waals surface area contributed by atoms with Crippen LogP contribution in [0.3, 0.4) is 0 Å². The maximum absolute atomic E-state index is 12.7. The number of thiazole rings is 1. The van der Waals surface area contributed by atoms with E-state index in [4.69, 9.17) is 9.72 Å². The number of aromatic nitrogens is 2. The molecular weight excluding hydrogens is 466 g/mol. The number of nitrogens with one attached hydrogen (secondary N) is 1. The van der Waals surface area contributed by atoms with Crippen LogP contribution < -0.4 is 10.1 Å². The molecular formula is C30H29N3O2S. The van der Waals surface area contributed by atoms with Gasteiger partial charge in [-0.2, -0.15) is 0 Å². The van der Waals surface area contributed by atoms with Crippen LogP contribution in [0.25, 0.3) is 16.2 Å². The van der Waals surface area contributed by atoms with E-state index in [0.717, 1.165) is 34.1 Å². The van der Waals surface area contributed by atoms with Crippen LogP contribution in [0.4, 0.5) is 0 Å². The monoisotopic (exact) mass is 495 g/mol. The van der Waals surface area contributed by atoms with Gasteiger partial charge in [-0.1, -0.05) is 60.7 Å². The lowest BCUT2D eigenvalue weighted by molar-refractivity contribution is -0.121. The molecule has 2 aromatic heterocycles. The summed E-state index contributed by atoms with van der Waals surface area (Å²) in [6.07, 6.45) is 4.02. The molecule has 2 heterocycles. The number of methoxy groups -OCH3 is 1. The number of rotatable bonds is 10. The van der Waals surface area contributed by atoms with Crippen LogP contribution in [0.1, 0.15) is 35.6 Å². The van der Waals surface area contributed by atoms with E-state index in [0.29, 0.717) is 19.4 Å². The minimum absolute atomic E-state index is 0.0738. The van der Waals surface area contributed by atoms with Gasteiger partial charge in [0.1, 0.15) is 5.75 Å². The summed E-state index contributed by atoms with van der Waals surface area (Å²) in [7, 11) is 1.66. The zero-order valence-electron chi connectivity index (χ0n) is 20.3. The predicted molar refractivity (Wildman–Crippen MR) is 146 cm³/mol. The van der Waals surface area contributed by atoms with E-state index in [-0.39, 0.29) is 11.8 Å². The average Bonchev–Trinajstić information content (AvgIpc) is 3.52. The van der Waals surface area contributed by atoms with Crippen molar-refractivity contribution in [2.75, 3.05) is 13.7 Å². The lowest BCUT2D eigenvalue weighted by atomic mass is 9.88. The van der Waals surface area contributed by atoms with Crippen molar-refractivity contribution in [3.8, 4) is 17.0 Å². The summed E-state index contributed by atoms with van der Waals surface area (Å²) in [5.74, 6) is 1.15. The van der Waals surface area contributed by atoms with Gasteiger partial charge in [-0.05, 0) is 48.2 Å². The second-order valence-corrected chi connectivity index (χ2v) is 9.58. The van der Waals surface area contributed by atoms with Crippen molar-refractivity contribution in [3.63, 3.8) is 0 Å². The van der Waals surface area contributed by atoms with E-state index in [1.165, 1.54) is 11.1 Å². The van der Waals surface area contributed by atoms with Crippen molar-refractivity contribution >= 4 is 22.2 Å². The summed E-state index contributed by atoms with van der Waals surface area (Å²) in [4.78, 5) is 18.4. The summed E-state index contributed by atoms with van der Waals surface area (Å²) in [6, 6.07) is 28.9. The van der Waals surface area contributed by atoms with Crippen LogP contribution in [0, 0.1) is 0 Å². The zero-order chi connectivity index (χ0) is 24.7. The number of benzene rings is 3. The summed E-state index contributed by atoms with van der Waals surface area (Å²) >= 11 is 1.60. The molecule has 0 atom stereocenters. The molecule has 5 rings (SSSR count). The Balaban J connectivity index is 1.18. The topological polar surface area (TPSA) is 55.6 Å². The van der Waals surface area contributed by atoms with Gasteiger partial charge in [-0.25, -0.2) is 4.98 Å². The smallest absolute Gasteiger partial charge is 0.220 e. The van der Waals surface area contributed by atoms with E-state index in [9.17, 15) is 4.79 Å². The summed E-state index contributed by atoms with van der Waals surface area (Å²) < 4.78 is 7.34. The molecule has 0 bridgehead atoms. The number of nitrogens with zero attached hydrogens (tertiary/aromatic N) is 2. The molecule has 0 unspecified atom stereocenters. The number of hydrogen-bond donors (Lipinski definition) is 1. The van der Waals surface area contributed by atoms with Crippen LogP contribution in [-0.4, -0.2) is 28.9 Å². The van der Waals surface area contributed by atoms with Gasteiger partial charge in [0, 0.05) is 41.7 Å². The Morgan fingerprint density at radius 3 is 2.28 bits per heavy atom. The van der Waals surface area contributed by atoms with Gasteiger partial charge in [-0.3, -0.25) is 9.20 Å². The van der Waals surface area contributed by atoms with Crippen LogP contribution >= 0.6 is 11.3 Å². The maximum atomic E-state index is 12.7.